The molecule has 1 rings (SSSR count). The van der Waals surface area contributed by atoms with E-state index in [9.17, 15) is 4.79 Å². The van der Waals surface area contributed by atoms with Crippen LogP contribution < -0.4 is 5.32 Å². The molecule has 0 atom stereocenters. The molecule has 0 saturated carbocycles. The number of amides is 1. The molecule has 1 heterocycles. The molecule has 0 aliphatic heterocycles. The SMILES string of the molecule is CN(C)CCC(=O)NCc1cncnc1C(C)(C)C. The first-order valence-electron chi connectivity index (χ1n) is 6.51. The van der Waals surface area contributed by atoms with Crippen LogP contribution in [-0.2, 0) is 16.8 Å². The van der Waals surface area contributed by atoms with E-state index in [0.29, 0.717) is 13.0 Å². The van der Waals surface area contributed by atoms with E-state index in [1.165, 1.54) is 0 Å². The second-order valence-corrected chi connectivity index (χ2v) is 5.98. The largest absolute Gasteiger partial charge is 0.352 e. The molecule has 0 fully saturated rings. The van der Waals surface area contributed by atoms with Crippen molar-refractivity contribution in [1.29, 1.82) is 0 Å². The Morgan fingerprint density at radius 1 is 1.37 bits per heavy atom. The van der Waals surface area contributed by atoms with Gasteiger partial charge in [0.15, 0.2) is 0 Å². The molecule has 0 spiro atoms. The summed E-state index contributed by atoms with van der Waals surface area (Å²) in [5, 5.41) is 2.92. The van der Waals surface area contributed by atoms with Crippen molar-refractivity contribution in [3.63, 3.8) is 0 Å². The summed E-state index contributed by atoms with van der Waals surface area (Å²) in [4.78, 5) is 22.1. The molecule has 5 nitrogen and oxygen atoms in total. The van der Waals surface area contributed by atoms with E-state index in [2.05, 4.69) is 36.1 Å². The first-order chi connectivity index (χ1) is 8.80. The van der Waals surface area contributed by atoms with Crippen LogP contribution >= 0.6 is 0 Å². The fraction of sp³-hybridized carbons (Fsp3) is 0.643. The molecule has 0 bridgehead atoms. The van der Waals surface area contributed by atoms with Gasteiger partial charge in [-0.3, -0.25) is 4.79 Å². The Kier molecular flexibility index (Phi) is 5.42. The van der Waals surface area contributed by atoms with Crippen LogP contribution in [0.3, 0.4) is 0 Å². The average Bonchev–Trinajstić information content (AvgIpc) is 2.33. The van der Waals surface area contributed by atoms with Gasteiger partial charge in [-0.2, -0.15) is 0 Å². The Morgan fingerprint density at radius 2 is 2.05 bits per heavy atom. The van der Waals surface area contributed by atoms with Crippen LogP contribution in [0.1, 0.15) is 38.4 Å². The van der Waals surface area contributed by atoms with Gasteiger partial charge in [-0.15, -0.1) is 0 Å². The molecule has 0 aromatic carbocycles. The normalized spacial score (nSPS) is 11.7. The molecule has 0 aliphatic carbocycles. The smallest absolute Gasteiger partial charge is 0.221 e. The molecular formula is C14H24N4O. The Bertz CT molecular complexity index is 424. The lowest BCUT2D eigenvalue weighted by Gasteiger charge is -2.21. The highest BCUT2D eigenvalue weighted by atomic mass is 16.1. The van der Waals surface area contributed by atoms with Crippen LogP contribution in [-0.4, -0.2) is 41.4 Å². The summed E-state index contributed by atoms with van der Waals surface area (Å²) in [7, 11) is 3.91. The van der Waals surface area contributed by atoms with Crippen molar-refractivity contribution >= 4 is 5.91 Å². The molecular weight excluding hydrogens is 240 g/mol. The maximum atomic E-state index is 11.7. The third-order valence-electron chi connectivity index (χ3n) is 2.76. The van der Waals surface area contributed by atoms with E-state index in [4.69, 9.17) is 0 Å². The predicted molar refractivity (Wildman–Crippen MR) is 75.7 cm³/mol. The molecule has 1 aromatic heterocycles. The van der Waals surface area contributed by atoms with Crippen molar-refractivity contribution in [3.8, 4) is 0 Å². The van der Waals surface area contributed by atoms with Gasteiger partial charge in [-0.25, -0.2) is 9.97 Å². The van der Waals surface area contributed by atoms with Crippen LogP contribution in [0.2, 0.25) is 0 Å². The number of carbonyl (C=O) groups excluding carboxylic acids is 1. The third kappa shape index (κ3) is 5.34. The number of carbonyl (C=O) groups is 1. The summed E-state index contributed by atoms with van der Waals surface area (Å²) in [6.07, 6.45) is 3.84. The topological polar surface area (TPSA) is 58.1 Å². The number of nitrogens with zero attached hydrogens (tertiary/aromatic N) is 3. The van der Waals surface area contributed by atoms with Crippen molar-refractivity contribution in [1.82, 2.24) is 20.2 Å². The van der Waals surface area contributed by atoms with Crippen LogP contribution in [0.25, 0.3) is 0 Å². The monoisotopic (exact) mass is 264 g/mol. The third-order valence-corrected chi connectivity index (χ3v) is 2.76. The van der Waals surface area contributed by atoms with E-state index < -0.39 is 0 Å². The predicted octanol–water partition coefficient (Wildman–Crippen LogP) is 1.34. The Labute approximate surface area is 115 Å². The highest BCUT2D eigenvalue weighted by Crippen LogP contribution is 2.22. The van der Waals surface area contributed by atoms with Crippen LogP contribution in [0.5, 0.6) is 0 Å². The molecule has 1 amide bonds. The molecule has 19 heavy (non-hydrogen) atoms. The molecule has 0 unspecified atom stereocenters. The zero-order valence-electron chi connectivity index (χ0n) is 12.5. The minimum absolute atomic E-state index is 0.0490. The molecule has 5 heteroatoms. The molecule has 0 saturated heterocycles. The first-order valence-corrected chi connectivity index (χ1v) is 6.51. The van der Waals surface area contributed by atoms with E-state index >= 15 is 0 Å². The van der Waals surface area contributed by atoms with Gasteiger partial charge < -0.3 is 10.2 Å². The summed E-state index contributed by atoms with van der Waals surface area (Å²) >= 11 is 0. The lowest BCUT2D eigenvalue weighted by atomic mass is 9.89. The lowest BCUT2D eigenvalue weighted by molar-refractivity contribution is -0.121. The highest BCUT2D eigenvalue weighted by molar-refractivity contribution is 5.76. The van der Waals surface area contributed by atoms with Crippen molar-refractivity contribution in [3.05, 3.63) is 23.8 Å². The number of hydrogen-bond donors (Lipinski definition) is 1. The van der Waals surface area contributed by atoms with Crippen LogP contribution in [0.15, 0.2) is 12.5 Å². The van der Waals surface area contributed by atoms with Crippen molar-refractivity contribution in [2.45, 2.75) is 39.2 Å². The second kappa shape index (κ2) is 6.61. The Balaban J connectivity index is 2.61. The van der Waals surface area contributed by atoms with Gasteiger partial charge in [-0.1, -0.05) is 20.8 Å². The maximum Gasteiger partial charge on any atom is 0.221 e. The second-order valence-electron chi connectivity index (χ2n) is 5.98. The van der Waals surface area contributed by atoms with Crippen LogP contribution in [0, 0.1) is 0 Å². The van der Waals surface area contributed by atoms with Gasteiger partial charge in [0.2, 0.25) is 5.91 Å². The molecule has 1 N–H and O–H groups in total. The van der Waals surface area contributed by atoms with Gasteiger partial charge in [-0.05, 0) is 14.1 Å². The zero-order valence-corrected chi connectivity index (χ0v) is 12.5. The lowest BCUT2D eigenvalue weighted by Crippen LogP contribution is -2.28. The van der Waals surface area contributed by atoms with Crippen LogP contribution in [0.4, 0.5) is 0 Å². The number of hydrogen-bond acceptors (Lipinski definition) is 4. The zero-order chi connectivity index (χ0) is 14.5. The molecule has 106 valence electrons. The summed E-state index contributed by atoms with van der Waals surface area (Å²) in [5.74, 6) is 0.0532. The van der Waals surface area contributed by atoms with Gasteiger partial charge >= 0.3 is 0 Å². The minimum atomic E-state index is -0.0490. The summed E-state index contributed by atoms with van der Waals surface area (Å²) in [6.45, 7) is 7.55. The van der Waals surface area contributed by atoms with Crippen molar-refractivity contribution in [2.24, 2.45) is 0 Å². The fourth-order valence-electron chi connectivity index (χ4n) is 1.77. The number of aromatic nitrogens is 2. The van der Waals surface area contributed by atoms with E-state index in [-0.39, 0.29) is 11.3 Å². The maximum absolute atomic E-state index is 11.7. The summed E-state index contributed by atoms with van der Waals surface area (Å²) in [5.41, 5.74) is 1.91. The minimum Gasteiger partial charge on any atom is -0.352 e. The fourth-order valence-corrected chi connectivity index (χ4v) is 1.77. The van der Waals surface area contributed by atoms with Gasteiger partial charge in [0.05, 0.1) is 5.69 Å². The Morgan fingerprint density at radius 3 is 2.63 bits per heavy atom. The quantitative estimate of drug-likeness (QED) is 0.872. The first kappa shape index (κ1) is 15.6. The van der Waals surface area contributed by atoms with Gasteiger partial charge in [0, 0.05) is 36.7 Å². The standard InChI is InChI=1S/C14H24N4O/c1-14(2,3)13-11(8-15-10-17-13)9-16-12(19)6-7-18(4)5/h8,10H,6-7,9H2,1-5H3,(H,16,19). The summed E-state index contributed by atoms with van der Waals surface area (Å²) in [6, 6.07) is 0. The van der Waals surface area contributed by atoms with Crippen molar-refractivity contribution in [2.75, 3.05) is 20.6 Å². The van der Waals surface area contributed by atoms with Gasteiger partial charge in [0.25, 0.3) is 0 Å². The van der Waals surface area contributed by atoms with E-state index in [0.717, 1.165) is 17.8 Å². The average molecular weight is 264 g/mol. The number of nitrogens with one attached hydrogen (secondary N) is 1. The van der Waals surface area contributed by atoms with E-state index in [1.54, 1.807) is 12.5 Å². The van der Waals surface area contributed by atoms with Crippen molar-refractivity contribution < 1.29 is 4.79 Å². The highest BCUT2D eigenvalue weighted by Gasteiger charge is 2.19. The Hall–Kier alpha value is -1.49. The number of rotatable bonds is 5. The van der Waals surface area contributed by atoms with E-state index in [1.807, 2.05) is 19.0 Å². The molecule has 1 aromatic rings. The molecule has 0 aliphatic rings. The van der Waals surface area contributed by atoms with Gasteiger partial charge in [0.1, 0.15) is 6.33 Å². The summed E-state index contributed by atoms with van der Waals surface area (Å²) < 4.78 is 0. The molecule has 0 radical (unpaired) electrons.